The molecule has 0 unspecified atom stereocenters. The van der Waals surface area contributed by atoms with Gasteiger partial charge in [-0.3, -0.25) is 0 Å². The summed E-state index contributed by atoms with van der Waals surface area (Å²) in [4.78, 5) is 9.90. The van der Waals surface area contributed by atoms with Crippen LogP contribution in [-0.2, 0) is 6.42 Å². The second kappa shape index (κ2) is 4.37. The van der Waals surface area contributed by atoms with Crippen LogP contribution in [-0.4, -0.2) is 11.7 Å². The number of hydrogen-bond donors (Lipinski definition) is 1. The van der Waals surface area contributed by atoms with Crippen LogP contribution in [0.5, 0.6) is 5.75 Å². The van der Waals surface area contributed by atoms with Gasteiger partial charge in [-0.05, 0) is 30.5 Å². The van der Waals surface area contributed by atoms with Gasteiger partial charge in [0.2, 0.25) is 0 Å². The molecule has 0 spiro atoms. The highest BCUT2D eigenvalue weighted by atomic mass is 79.9. The quantitative estimate of drug-likeness (QED) is 0.831. The van der Waals surface area contributed by atoms with Crippen molar-refractivity contribution in [2.75, 3.05) is 6.54 Å². The van der Waals surface area contributed by atoms with Gasteiger partial charge in [0.1, 0.15) is 5.75 Å². The second-order valence-corrected chi connectivity index (χ2v) is 3.69. The number of rotatable bonds is 3. The average molecular weight is 244 g/mol. The van der Waals surface area contributed by atoms with E-state index in [9.17, 15) is 10.0 Å². The molecule has 1 aromatic rings. The third-order valence-electron chi connectivity index (χ3n) is 1.83. The van der Waals surface area contributed by atoms with E-state index in [-0.39, 0.29) is 12.3 Å². The van der Waals surface area contributed by atoms with Crippen LogP contribution in [0.2, 0.25) is 0 Å². The number of aryl methyl sites for hydroxylation is 1. The van der Waals surface area contributed by atoms with Gasteiger partial charge in [0.15, 0.2) is 0 Å². The Hall–Kier alpha value is -0.900. The van der Waals surface area contributed by atoms with Gasteiger partial charge < -0.3 is 5.11 Å². The summed E-state index contributed by atoms with van der Waals surface area (Å²) in [5, 5.41) is 12.2. The third kappa shape index (κ3) is 2.52. The van der Waals surface area contributed by atoms with Gasteiger partial charge in [0.25, 0.3) is 0 Å². The van der Waals surface area contributed by atoms with E-state index < -0.39 is 0 Å². The molecule has 0 saturated heterocycles. The number of aromatic hydroxyl groups is 1. The van der Waals surface area contributed by atoms with Gasteiger partial charge >= 0.3 is 0 Å². The van der Waals surface area contributed by atoms with Crippen molar-refractivity contribution in [3.05, 3.63) is 32.6 Å². The van der Waals surface area contributed by atoms with Gasteiger partial charge in [-0.25, -0.2) is 0 Å². The first-order valence-electron chi connectivity index (χ1n) is 3.92. The summed E-state index contributed by atoms with van der Waals surface area (Å²) < 4.78 is 0.868. The highest BCUT2D eigenvalue weighted by Gasteiger charge is 2.04. The maximum absolute atomic E-state index is 9.90. The fraction of sp³-hybridized carbons (Fsp3) is 0.333. The molecule has 0 aliphatic rings. The van der Waals surface area contributed by atoms with Crippen molar-refractivity contribution in [1.29, 1.82) is 0 Å². The van der Waals surface area contributed by atoms with Crippen LogP contribution in [0, 0.1) is 11.8 Å². The molecule has 0 fully saturated rings. The Morgan fingerprint density at radius 1 is 1.54 bits per heavy atom. The first kappa shape index (κ1) is 10.2. The fourth-order valence-corrected chi connectivity index (χ4v) is 1.43. The van der Waals surface area contributed by atoms with E-state index in [1.54, 1.807) is 6.07 Å². The number of nitroso groups, excluding NO2 is 1. The molecule has 0 aromatic heterocycles. The zero-order chi connectivity index (χ0) is 9.84. The van der Waals surface area contributed by atoms with Crippen LogP contribution >= 0.6 is 15.9 Å². The van der Waals surface area contributed by atoms with Crippen molar-refractivity contribution in [1.82, 2.24) is 0 Å². The number of nitrogens with zero attached hydrogens (tertiary/aromatic N) is 1. The summed E-state index contributed by atoms with van der Waals surface area (Å²) in [5.41, 5.74) is 1.80. The zero-order valence-electron chi connectivity index (χ0n) is 7.25. The van der Waals surface area contributed by atoms with Crippen LogP contribution in [0.3, 0.4) is 0 Å². The summed E-state index contributed by atoms with van der Waals surface area (Å²) in [6, 6.07) is 3.49. The van der Waals surface area contributed by atoms with Gasteiger partial charge in [0.05, 0.1) is 6.54 Å². The van der Waals surface area contributed by atoms with Crippen LogP contribution < -0.4 is 0 Å². The van der Waals surface area contributed by atoms with Gasteiger partial charge in [-0.15, -0.1) is 0 Å². The molecule has 4 heteroatoms. The summed E-state index contributed by atoms with van der Waals surface area (Å²) in [5.74, 6) is 0.209. The van der Waals surface area contributed by atoms with Crippen molar-refractivity contribution in [2.24, 2.45) is 5.18 Å². The van der Waals surface area contributed by atoms with Gasteiger partial charge in [-0.2, -0.15) is 4.91 Å². The topological polar surface area (TPSA) is 49.7 Å². The SMILES string of the molecule is Cc1cc(CCN=O)c(O)cc1Br. The molecule has 1 aromatic carbocycles. The number of benzene rings is 1. The molecule has 0 aliphatic carbocycles. The smallest absolute Gasteiger partial charge is 0.119 e. The minimum atomic E-state index is 0.203. The van der Waals surface area contributed by atoms with Crippen LogP contribution in [0.15, 0.2) is 21.8 Å². The highest BCUT2D eigenvalue weighted by molar-refractivity contribution is 9.10. The molecule has 0 atom stereocenters. The van der Waals surface area contributed by atoms with Crippen LogP contribution in [0.1, 0.15) is 11.1 Å². The fourth-order valence-electron chi connectivity index (χ4n) is 1.10. The Balaban J connectivity index is 2.94. The zero-order valence-corrected chi connectivity index (χ0v) is 8.84. The Labute approximate surface area is 84.9 Å². The number of halogens is 1. The molecule has 0 saturated carbocycles. The normalized spacial score (nSPS) is 10.0. The lowest BCUT2D eigenvalue weighted by Crippen LogP contribution is -1.91. The van der Waals surface area contributed by atoms with Crippen LogP contribution in [0.4, 0.5) is 0 Å². The highest BCUT2D eigenvalue weighted by Crippen LogP contribution is 2.26. The standard InChI is InChI=1S/C9H10BrNO2/c1-6-4-7(2-3-11-13)9(12)5-8(6)10/h4-5,12H,2-3H2,1H3. The molecular weight excluding hydrogens is 234 g/mol. The van der Waals surface area contributed by atoms with Crippen LogP contribution in [0.25, 0.3) is 0 Å². The first-order valence-corrected chi connectivity index (χ1v) is 4.71. The Bertz CT molecular complexity index is 326. The molecule has 0 radical (unpaired) electrons. The summed E-state index contributed by atoms with van der Waals surface area (Å²) in [6.45, 7) is 2.13. The third-order valence-corrected chi connectivity index (χ3v) is 2.69. The largest absolute Gasteiger partial charge is 0.508 e. The van der Waals surface area contributed by atoms with E-state index >= 15 is 0 Å². The van der Waals surface area contributed by atoms with E-state index in [0.29, 0.717) is 6.42 Å². The lowest BCUT2D eigenvalue weighted by molar-refractivity contribution is 0.467. The molecule has 3 nitrogen and oxygen atoms in total. The lowest BCUT2D eigenvalue weighted by Gasteiger charge is -2.05. The number of phenolic OH excluding ortho intramolecular Hbond substituents is 1. The minimum absolute atomic E-state index is 0.203. The predicted octanol–water partition coefficient (Wildman–Crippen LogP) is 2.77. The Morgan fingerprint density at radius 3 is 2.85 bits per heavy atom. The van der Waals surface area contributed by atoms with Crippen molar-refractivity contribution < 1.29 is 5.11 Å². The monoisotopic (exact) mass is 243 g/mol. The molecule has 1 rings (SSSR count). The predicted molar refractivity (Wildman–Crippen MR) is 54.9 cm³/mol. The average Bonchev–Trinajstić information content (AvgIpc) is 2.09. The molecule has 0 aliphatic heterocycles. The van der Waals surface area contributed by atoms with Crippen molar-refractivity contribution in [2.45, 2.75) is 13.3 Å². The molecule has 1 N–H and O–H groups in total. The lowest BCUT2D eigenvalue weighted by atomic mass is 10.1. The molecule has 0 amide bonds. The van der Waals surface area contributed by atoms with Gasteiger partial charge in [0, 0.05) is 4.47 Å². The van der Waals surface area contributed by atoms with E-state index in [0.717, 1.165) is 15.6 Å². The maximum atomic E-state index is 9.90. The second-order valence-electron chi connectivity index (χ2n) is 2.83. The molecule has 13 heavy (non-hydrogen) atoms. The maximum Gasteiger partial charge on any atom is 0.119 e. The van der Waals surface area contributed by atoms with Gasteiger partial charge in [-0.1, -0.05) is 27.2 Å². The summed E-state index contributed by atoms with van der Waals surface area (Å²) in [6.07, 6.45) is 0.490. The summed E-state index contributed by atoms with van der Waals surface area (Å²) in [7, 11) is 0. The molecular formula is C9H10BrNO2. The first-order chi connectivity index (χ1) is 6.15. The van der Waals surface area contributed by atoms with E-state index in [4.69, 9.17) is 0 Å². The molecule has 70 valence electrons. The Morgan fingerprint density at radius 2 is 2.23 bits per heavy atom. The van der Waals surface area contributed by atoms with E-state index in [1.165, 1.54) is 0 Å². The summed E-state index contributed by atoms with van der Waals surface area (Å²) >= 11 is 3.30. The Kier molecular flexibility index (Phi) is 3.42. The number of hydrogen-bond acceptors (Lipinski definition) is 3. The van der Waals surface area contributed by atoms with E-state index in [2.05, 4.69) is 21.1 Å². The van der Waals surface area contributed by atoms with Crippen molar-refractivity contribution >= 4 is 15.9 Å². The molecule has 0 heterocycles. The van der Waals surface area contributed by atoms with E-state index in [1.807, 2.05) is 13.0 Å². The van der Waals surface area contributed by atoms with Crippen molar-refractivity contribution in [3.8, 4) is 5.75 Å². The van der Waals surface area contributed by atoms with Crippen molar-refractivity contribution in [3.63, 3.8) is 0 Å². The molecule has 0 bridgehead atoms. The number of phenols is 1. The minimum Gasteiger partial charge on any atom is -0.508 e.